The SMILES string of the molecule is COc1cc2c(cc1N[C@H](C)C(=O)Nc1ccc(F)c(F)c1F)oc1ccccc12. The van der Waals surface area contributed by atoms with Crippen molar-refractivity contribution in [2.45, 2.75) is 13.0 Å². The second-order valence-electron chi connectivity index (χ2n) is 6.73. The van der Waals surface area contributed by atoms with E-state index >= 15 is 0 Å². The minimum Gasteiger partial charge on any atom is -0.495 e. The van der Waals surface area contributed by atoms with Crippen LogP contribution in [0, 0.1) is 17.5 Å². The molecule has 5 nitrogen and oxygen atoms in total. The molecule has 3 aromatic carbocycles. The lowest BCUT2D eigenvalue weighted by Crippen LogP contribution is -2.32. The van der Waals surface area contributed by atoms with Crippen molar-refractivity contribution in [1.82, 2.24) is 0 Å². The summed E-state index contributed by atoms with van der Waals surface area (Å²) in [6, 6.07) is 11.9. The van der Waals surface area contributed by atoms with E-state index in [1.54, 1.807) is 12.1 Å². The fraction of sp³-hybridized carbons (Fsp3) is 0.136. The Bertz CT molecular complexity index is 1270. The molecule has 0 unspecified atom stereocenters. The van der Waals surface area contributed by atoms with Gasteiger partial charge in [-0.15, -0.1) is 0 Å². The highest BCUT2D eigenvalue weighted by Gasteiger charge is 2.20. The normalized spacial score (nSPS) is 12.2. The summed E-state index contributed by atoms with van der Waals surface area (Å²) in [4.78, 5) is 12.4. The van der Waals surface area contributed by atoms with Crippen molar-refractivity contribution in [2.75, 3.05) is 17.7 Å². The Labute approximate surface area is 169 Å². The fourth-order valence-electron chi connectivity index (χ4n) is 3.20. The van der Waals surface area contributed by atoms with E-state index in [1.165, 1.54) is 14.0 Å². The largest absolute Gasteiger partial charge is 0.495 e. The summed E-state index contributed by atoms with van der Waals surface area (Å²) in [6.07, 6.45) is 0. The van der Waals surface area contributed by atoms with Crippen LogP contribution in [0.3, 0.4) is 0 Å². The molecule has 0 fully saturated rings. The number of halogens is 3. The monoisotopic (exact) mass is 414 g/mol. The van der Waals surface area contributed by atoms with E-state index in [4.69, 9.17) is 9.15 Å². The molecule has 1 aromatic heterocycles. The number of ether oxygens (including phenoxy) is 1. The quantitative estimate of drug-likeness (QED) is 0.426. The van der Waals surface area contributed by atoms with E-state index < -0.39 is 35.1 Å². The zero-order valence-corrected chi connectivity index (χ0v) is 16.1. The molecular weight excluding hydrogens is 397 g/mol. The number of nitrogens with one attached hydrogen (secondary N) is 2. The van der Waals surface area contributed by atoms with Crippen LogP contribution < -0.4 is 15.4 Å². The van der Waals surface area contributed by atoms with Crippen LogP contribution in [0.2, 0.25) is 0 Å². The standard InChI is InChI=1S/C22H17F3N2O3/c1-11(22(28)27-15-8-7-14(23)20(24)21(15)25)26-16-10-18-13(9-19(16)29-2)12-5-3-4-6-17(12)30-18/h3-11,26H,1-2H3,(H,27,28)/t11-/m1/s1. The number of amides is 1. The van der Waals surface area contributed by atoms with Crippen LogP contribution in [-0.2, 0) is 4.79 Å². The summed E-state index contributed by atoms with van der Waals surface area (Å²) < 4.78 is 51.6. The Morgan fingerprint density at radius 2 is 1.73 bits per heavy atom. The van der Waals surface area contributed by atoms with E-state index in [0.717, 1.165) is 22.9 Å². The first-order valence-electron chi connectivity index (χ1n) is 9.09. The van der Waals surface area contributed by atoms with Gasteiger partial charge in [-0.25, -0.2) is 13.2 Å². The van der Waals surface area contributed by atoms with Gasteiger partial charge in [0.1, 0.15) is 23.0 Å². The smallest absolute Gasteiger partial charge is 0.246 e. The molecule has 30 heavy (non-hydrogen) atoms. The minimum absolute atomic E-state index is 0.452. The van der Waals surface area contributed by atoms with E-state index in [0.29, 0.717) is 22.6 Å². The number of hydrogen-bond donors (Lipinski definition) is 2. The van der Waals surface area contributed by atoms with Crippen LogP contribution in [0.25, 0.3) is 21.9 Å². The third-order valence-electron chi connectivity index (χ3n) is 4.76. The van der Waals surface area contributed by atoms with Crippen molar-refractivity contribution in [3.63, 3.8) is 0 Å². The van der Waals surface area contributed by atoms with E-state index in [-0.39, 0.29) is 0 Å². The predicted molar refractivity (Wildman–Crippen MR) is 108 cm³/mol. The molecule has 0 aliphatic carbocycles. The van der Waals surface area contributed by atoms with Gasteiger partial charge in [0, 0.05) is 16.8 Å². The minimum atomic E-state index is -1.65. The maximum absolute atomic E-state index is 13.8. The summed E-state index contributed by atoms with van der Waals surface area (Å²) in [5.74, 6) is -4.61. The molecule has 0 bridgehead atoms. The first kappa shape index (κ1) is 19.6. The van der Waals surface area contributed by atoms with Crippen molar-refractivity contribution < 1.29 is 27.1 Å². The second kappa shape index (κ2) is 7.62. The lowest BCUT2D eigenvalue weighted by Gasteiger charge is -2.18. The average molecular weight is 414 g/mol. The summed E-state index contributed by atoms with van der Waals surface area (Å²) in [5, 5.41) is 7.01. The van der Waals surface area contributed by atoms with Gasteiger partial charge in [0.2, 0.25) is 5.91 Å². The Kier molecular flexibility index (Phi) is 4.99. The number of methoxy groups -OCH3 is 1. The van der Waals surface area contributed by atoms with Crippen molar-refractivity contribution >= 4 is 39.2 Å². The number of fused-ring (bicyclic) bond motifs is 3. The molecule has 4 rings (SSSR count). The molecule has 1 heterocycles. The fourth-order valence-corrected chi connectivity index (χ4v) is 3.20. The molecule has 1 atom stereocenters. The van der Waals surface area contributed by atoms with Crippen molar-refractivity contribution in [2.24, 2.45) is 0 Å². The number of rotatable bonds is 5. The zero-order chi connectivity index (χ0) is 21.4. The molecule has 0 saturated heterocycles. The van der Waals surface area contributed by atoms with Crippen LogP contribution in [0.5, 0.6) is 5.75 Å². The highest BCUT2D eigenvalue weighted by molar-refractivity contribution is 6.07. The van der Waals surface area contributed by atoms with Crippen molar-refractivity contribution in [3.8, 4) is 5.75 Å². The van der Waals surface area contributed by atoms with Crippen molar-refractivity contribution in [1.29, 1.82) is 0 Å². The van der Waals surface area contributed by atoms with Gasteiger partial charge >= 0.3 is 0 Å². The molecule has 2 N–H and O–H groups in total. The Morgan fingerprint density at radius 1 is 0.967 bits per heavy atom. The molecule has 1 amide bonds. The topological polar surface area (TPSA) is 63.5 Å². The summed E-state index contributed by atoms with van der Waals surface area (Å²) in [7, 11) is 1.50. The van der Waals surface area contributed by atoms with Gasteiger partial charge in [0.25, 0.3) is 0 Å². The molecule has 0 spiro atoms. The van der Waals surface area contributed by atoms with Gasteiger partial charge in [-0.1, -0.05) is 18.2 Å². The number of hydrogen-bond acceptors (Lipinski definition) is 4. The van der Waals surface area contributed by atoms with Crippen LogP contribution >= 0.6 is 0 Å². The third-order valence-corrected chi connectivity index (χ3v) is 4.76. The average Bonchev–Trinajstić information content (AvgIpc) is 3.10. The van der Waals surface area contributed by atoms with Gasteiger partial charge < -0.3 is 19.8 Å². The van der Waals surface area contributed by atoms with Crippen molar-refractivity contribution in [3.05, 3.63) is 66.0 Å². The molecular formula is C22H17F3N2O3. The first-order valence-corrected chi connectivity index (χ1v) is 9.09. The number of para-hydroxylation sites is 1. The first-order chi connectivity index (χ1) is 14.4. The second-order valence-corrected chi connectivity index (χ2v) is 6.73. The Balaban J connectivity index is 1.60. The molecule has 8 heteroatoms. The molecule has 0 aliphatic heterocycles. The van der Waals surface area contributed by atoms with E-state index in [1.807, 2.05) is 24.3 Å². The van der Waals surface area contributed by atoms with Gasteiger partial charge in [-0.2, -0.15) is 0 Å². The van der Waals surface area contributed by atoms with Gasteiger partial charge in [-0.3, -0.25) is 4.79 Å². The maximum Gasteiger partial charge on any atom is 0.246 e. The molecule has 0 radical (unpaired) electrons. The zero-order valence-electron chi connectivity index (χ0n) is 16.1. The van der Waals surface area contributed by atoms with Gasteiger partial charge in [0.15, 0.2) is 17.5 Å². The Morgan fingerprint density at radius 3 is 2.50 bits per heavy atom. The van der Waals surface area contributed by atoms with E-state index in [2.05, 4.69) is 10.6 Å². The van der Waals surface area contributed by atoms with Crippen LogP contribution in [-0.4, -0.2) is 19.1 Å². The summed E-state index contributed by atoms with van der Waals surface area (Å²) in [6.45, 7) is 1.54. The lowest BCUT2D eigenvalue weighted by molar-refractivity contribution is -0.116. The van der Waals surface area contributed by atoms with Gasteiger partial charge in [0.05, 0.1) is 18.5 Å². The summed E-state index contributed by atoms with van der Waals surface area (Å²) in [5.41, 5.74) is 1.34. The molecule has 0 aliphatic rings. The molecule has 4 aromatic rings. The van der Waals surface area contributed by atoms with Crippen LogP contribution in [0.15, 0.2) is 52.9 Å². The highest BCUT2D eigenvalue weighted by Crippen LogP contribution is 2.36. The molecule has 154 valence electrons. The van der Waals surface area contributed by atoms with E-state index in [9.17, 15) is 18.0 Å². The summed E-state index contributed by atoms with van der Waals surface area (Å²) >= 11 is 0. The highest BCUT2D eigenvalue weighted by atomic mass is 19.2. The predicted octanol–water partition coefficient (Wildman–Crippen LogP) is 5.45. The maximum atomic E-state index is 13.8. The van der Waals surface area contributed by atoms with Gasteiger partial charge in [-0.05, 0) is 31.2 Å². The Hall–Kier alpha value is -3.68. The number of furan rings is 1. The number of benzene rings is 3. The van der Waals surface area contributed by atoms with Crippen LogP contribution in [0.4, 0.5) is 24.5 Å². The van der Waals surface area contributed by atoms with Crippen LogP contribution in [0.1, 0.15) is 6.92 Å². The number of carbonyl (C=O) groups is 1. The lowest BCUT2D eigenvalue weighted by atomic mass is 10.1. The number of carbonyl (C=O) groups excluding carboxylic acids is 1. The third kappa shape index (κ3) is 3.41. The molecule has 0 saturated carbocycles. The number of anilines is 2.